The quantitative estimate of drug-likeness (QED) is 0.668. The predicted molar refractivity (Wildman–Crippen MR) is 112 cm³/mol. The van der Waals surface area contributed by atoms with Gasteiger partial charge in [-0.25, -0.2) is 17.2 Å². The van der Waals surface area contributed by atoms with E-state index in [9.17, 15) is 27.3 Å². The number of sulfonamides is 1. The van der Waals surface area contributed by atoms with Crippen molar-refractivity contribution >= 4 is 21.6 Å². The Labute approximate surface area is 181 Å². The highest BCUT2D eigenvalue weighted by molar-refractivity contribution is 7.94. The second kappa shape index (κ2) is 6.89. The molecule has 31 heavy (non-hydrogen) atoms. The highest BCUT2D eigenvalue weighted by atomic mass is 32.2. The van der Waals surface area contributed by atoms with Gasteiger partial charge in [0.05, 0.1) is 27.5 Å². The Morgan fingerprint density at radius 1 is 1.10 bits per heavy atom. The summed E-state index contributed by atoms with van der Waals surface area (Å²) in [5, 5.41) is 12.5. The molecule has 0 aliphatic heterocycles. The Morgan fingerprint density at radius 2 is 1.68 bits per heavy atom. The van der Waals surface area contributed by atoms with Crippen molar-refractivity contribution in [3.63, 3.8) is 0 Å². The van der Waals surface area contributed by atoms with Gasteiger partial charge in [0.1, 0.15) is 0 Å². The summed E-state index contributed by atoms with van der Waals surface area (Å²) in [7, 11) is -3.83. The molecule has 0 heterocycles. The van der Waals surface area contributed by atoms with Gasteiger partial charge in [-0.1, -0.05) is 6.07 Å². The van der Waals surface area contributed by atoms with E-state index in [1.54, 1.807) is 6.92 Å². The van der Waals surface area contributed by atoms with Gasteiger partial charge >= 0.3 is 0 Å². The van der Waals surface area contributed by atoms with Crippen molar-refractivity contribution in [2.24, 2.45) is 5.41 Å². The first-order valence-electron chi connectivity index (χ1n) is 10.6. The smallest absolute Gasteiger partial charge is 0.270 e. The average molecular weight is 452 g/mol. The van der Waals surface area contributed by atoms with E-state index in [0.29, 0.717) is 51.4 Å². The molecule has 168 valence electrons. The number of nitrogens with zero attached hydrogens (tertiary/aromatic N) is 1. The van der Waals surface area contributed by atoms with Crippen LogP contribution in [-0.4, -0.2) is 24.6 Å². The van der Waals surface area contributed by atoms with Crippen LogP contribution in [0.15, 0.2) is 18.2 Å². The van der Waals surface area contributed by atoms with Crippen molar-refractivity contribution in [2.45, 2.75) is 81.4 Å². The van der Waals surface area contributed by atoms with E-state index in [2.05, 4.69) is 16.1 Å². The summed E-state index contributed by atoms with van der Waals surface area (Å²) in [6.45, 7) is 2.32. The molecule has 1 aromatic rings. The molecule has 4 saturated carbocycles. The van der Waals surface area contributed by atoms with E-state index in [0.717, 1.165) is 19.1 Å². The molecule has 0 radical (unpaired) electrons. The van der Waals surface area contributed by atoms with Crippen LogP contribution in [0.5, 0.6) is 0 Å². The summed E-state index contributed by atoms with van der Waals surface area (Å²) in [4.78, 5) is 13.2. The lowest BCUT2D eigenvalue weighted by Crippen LogP contribution is -2.56. The van der Waals surface area contributed by atoms with Gasteiger partial charge in [0.25, 0.3) is 11.8 Å². The predicted octanol–water partition coefficient (Wildman–Crippen LogP) is 4.44. The molecule has 0 unspecified atom stereocenters. The minimum Gasteiger partial charge on any atom is -0.347 e. The first-order chi connectivity index (χ1) is 14.3. The van der Waals surface area contributed by atoms with Gasteiger partial charge in [0, 0.05) is 18.0 Å². The molecule has 4 aliphatic carbocycles. The minimum atomic E-state index is -3.83. The third-order valence-corrected chi connectivity index (χ3v) is 9.67. The Morgan fingerprint density at radius 3 is 2.16 bits per heavy atom. The molecule has 6 nitrogen and oxygen atoms in total. The zero-order chi connectivity index (χ0) is 22.7. The van der Waals surface area contributed by atoms with Crippen LogP contribution in [0.2, 0.25) is 0 Å². The molecule has 0 saturated heterocycles. The number of fused-ring (bicyclic) bond motifs is 3. The van der Waals surface area contributed by atoms with Gasteiger partial charge in [0.2, 0.25) is 10.0 Å². The minimum absolute atomic E-state index is 0.0258. The summed E-state index contributed by atoms with van der Waals surface area (Å²) >= 11 is 0. The van der Waals surface area contributed by atoms with Crippen LogP contribution in [0.3, 0.4) is 0 Å². The van der Waals surface area contributed by atoms with Crippen molar-refractivity contribution < 1.29 is 22.0 Å². The number of hydrogen-bond donors (Lipinski definition) is 2. The summed E-state index contributed by atoms with van der Waals surface area (Å²) in [5.74, 6) is -3.67. The van der Waals surface area contributed by atoms with Crippen LogP contribution in [0.25, 0.3) is 0 Å². The number of hydrogen-bond acceptors (Lipinski definition) is 4. The summed E-state index contributed by atoms with van der Waals surface area (Å²) in [6, 6.07) is 5.90. The number of carbonyl (C=O) groups excluding carboxylic acids is 1. The van der Waals surface area contributed by atoms with E-state index in [1.165, 1.54) is 6.07 Å². The number of amides is 1. The van der Waals surface area contributed by atoms with Crippen molar-refractivity contribution in [3.05, 3.63) is 29.3 Å². The fraction of sp³-hybridized carbons (Fsp3) is 0.636. The molecular weight excluding hydrogens is 424 g/mol. The van der Waals surface area contributed by atoms with Crippen LogP contribution in [0, 0.1) is 16.7 Å². The SMILES string of the molecule is CC(F)(F)c1ccc(C(=O)NC23CCC(C#N)(CC2)CC3)c(NS(=O)(=O)C2(C)CC2)c1. The van der Waals surface area contributed by atoms with Gasteiger partial charge < -0.3 is 5.32 Å². The first-order valence-corrected chi connectivity index (χ1v) is 12.1. The second-order valence-corrected chi connectivity index (χ2v) is 12.0. The van der Waals surface area contributed by atoms with Crippen LogP contribution >= 0.6 is 0 Å². The monoisotopic (exact) mass is 451 g/mol. The summed E-state index contributed by atoms with van der Waals surface area (Å²) < 4.78 is 54.8. The lowest BCUT2D eigenvalue weighted by molar-refractivity contribution is 0.0174. The standard InChI is InChI=1S/C22H27F2N3O3S/c1-19(5-6-19)31(29,30)27-17-13-15(20(2,23)24)3-4-16(17)18(28)26-22-10-7-21(14-25,8-11-22)9-12-22/h3-4,13,27H,5-12H2,1-2H3,(H,26,28). The second-order valence-electron chi connectivity index (χ2n) is 9.83. The third kappa shape index (κ3) is 3.91. The number of anilines is 1. The maximum Gasteiger partial charge on any atom is 0.270 e. The van der Waals surface area contributed by atoms with Gasteiger partial charge in [-0.2, -0.15) is 5.26 Å². The summed E-state index contributed by atoms with van der Waals surface area (Å²) in [5.41, 5.74) is -1.21. The lowest BCUT2D eigenvalue weighted by Gasteiger charge is -2.50. The molecule has 9 heteroatoms. The molecule has 0 aromatic heterocycles. The van der Waals surface area contributed by atoms with E-state index in [1.807, 2.05) is 0 Å². The van der Waals surface area contributed by atoms with E-state index >= 15 is 0 Å². The van der Waals surface area contributed by atoms with E-state index < -0.39 is 32.1 Å². The summed E-state index contributed by atoms with van der Waals surface area (Å²) in [6.07, 6.45) is 5.13. The molecule has 4 aliphatic rings. The maximum absolute atomic E-state index is 13.9. The van der Waals surface area contributed by atoms with Crippen molar-refractivity contribution in [1.82, 2.24) is 5.32 Å². The molecular formula is C22H27F2N3O3S. The molecule has 2 bridgehead atoms. The van der Waals surface area contributed by atoms with Crippen LogP contribution in [0.1, 0.15) is 81.1 Å². The topological polar surface area (TPSA) is 99.1 Å². The van der Waals surface area contributed by atoms with E-state index in [4.69, 9.17) is 0 Å². The molecule has 0 spiro atoms. The first kappa shape index (κ1) is 22.0. The zero-order valence-corrected chi connectivity index (χ0v) is 18.5. The number of nitrogens with one attached hydrogen (secondary N) is 2. The molecule has 5 rings (SSSR count). The van der Waals surface area contributed by atoms with Crippen molar-refractivity contribution in [3.8, 4) is 6.07 Å². The zero-order valence-electron chi connectivity index (χ0n) is 17.7. The molecule has 2 N–H and O–H groups in total. The number of alkyl halides is 2. The Hall–Kier alpha value is -2.21. The maximum atomic E-state index is 13.9. The Kier molecular flexibility index (Phi) is 4.89. The molecule has 0 atom stereocenters. The molecule has 4 fully saturated rings. The largest absolute Gasteiger partial charge is 0.347 e. The van der Waals surface area contributed by atoms with Crippen LogP contribution < -0.4 is 10.0 Å². The van der Waals surface area contributed by atoms with Gasteiger partial charge in [-0.15, -0.1) is 0 Å². The van der Waals surface area contributed by atoms with Gasteiger partial charge in [0.15, 0.2) is 0 Å². The number of halogens is 2. The van der Waals surface area contributed by atoms with E-state index in [-0.39, 0.29) is 22.2 Å². The number of nitriles is 1. The Bertz CT molecular complexity index is 1040. The van der Waals surface area contributed by atoms with Gasteiger partial charge in [-0.3, -0.25) is 9.52 Å². The average Bonchev–Trinajstić information content (AvgIpc) is 3.47. The highest BCUT2D eigenvalue weighted by Gasteiger charge is 2.51. The number of carbonyl (C=O) groups is 1. The third-order valence-electron chi connectivity index (χ3n) is 7.48. The van der Waals surface area contributed by atoms with Gasteiger partial charge in [-0.05, 0) is 70.4 Å². The molecule has 1 amide bonds. The van der Waals surface area contributed by atoms with Crippen molar-refractivity contribution in [1.29, 1.82) is 5.26 Å². The Balaban J connectivity index is 1.63. The lowest BCUT2D eigenvalue weighted by atomic mass is 9.58. The van der Waals surface area contributed by atoms with Crippen LogP contribution in [-0.2, 0) is 15.9 Å². The number of rotatable bonds is 6. The molecule has 1 aromatic carbocycles. The number of benzene rings is 1. The normalized spacial score (nSPS) is 29.1. The fourth-order valence-electron chi connectivity index (χ4n) is 4.66. The van der Waals surface area contributed by atoms with Crippen LogP contribution in [0.4, 0.5) is 14.5 Å². The fourth-order valence-corrected chi connectivity index (χ4v) is 6.01. The highest BCUT2D eigenvalue weighted by Crippen LogP contribution is 2.52. The van der Waals surface area contributed by atoms with Crippen molar-refractivity contribution in [2.75, 3.05) is 4.72 Å².